The van der Waals surface area contributed by atoms with Crippen LogP contribution in [0.5, 0.6) is 0 Å². The molecule has 3 nitrogen and oxygen atoms in total. The van der Waals surface area contributed by atoms with E-state index in [0.29, 0.717) is 6.61 Å². The fourth-order valence-corrected chi connectivity index (χ4v) is 3.43. The summed E-state index contributed by atoms with van der Waals surface area (Å²) in [6, 6.07) is 6.98. The van der Waals surface area contributed by atoms with Crippen molar-refractivity contribution in [3.63, 3.8) is 0 Å². The summed E-state index contributed by atoms with van der Waals surface area (Å²) in [6.45, 7) is 0.714. The first-order chi connectivity index (χ1) is 15.4. The molecule has 0 amide bonds. The van der Waals surface area contributed by atoms with Crippen molar-refractivity contribution < 1.29 is 36.2 Å². The Labute approximate surface area is 180 Å². The summed E-state index contributed by atoms with van der Waals surface area (Å²) in [5.41, 5.74) is 0.0679. The summed E-state index contributed by atoms with van der Waals surface area (Å²) >= 11 is 0. The Bertz CT molecular complexity index is 1200. The molecular weight excluding hydrogens is 431 g/mol. The third-order valence-electron chi connectivity index (χ3n) is 5.06. The molecule has 0 aromatic heterocycles. The molecule has 3 aromatic carbocycles. The zero-order chi connectivity index (χ0) is 22.8. The second-order valence-electron chi connectivity index (χ2n) is 7.26. The van der Waals surface area contributed by atoms with E-state index in [-0.39, 0.29) is 41.2 Å². The summed E-state index contributed by atoms with van der Waals surface area (Å²) in [4.78, 5) is 0. The third-order valence-corrected chi connectivity index (χ3v) is 5.06. The molecule has 1 heterocycles. The van der Waals surface area contributed by atoms with E-state index in [2.05, 4.69) is 11.8 Å². The van der Waals surface area contributed by atoms with Gasteiger partial charge in [0.25, 0.3) is 0 Å². The van der Waals surface area contributed by atoms with Crippen molar-refractivity contribution in [1.29, 1.82) is 0 Å². The minimum absolute atomic E-state index is 0.0747. The molecular formula is C24H17F5O3. The Hall–Kier alpha value is -2.99. The quantitative estimate of drug-likeness (QED) is 0.319. The maximum absolute atomic E-state index is 14.6. The lowest BCUT2D eigenvalue weighted by atomic mass is 10.0. The van der Waals surface area contributed by atoms with E-state index in [4.69, 9.17) is 14.2 Å². The van der Waals surface area contributed by atoms with Crippen LogP contribution >= 0.6 is 0 Å². The molecule has 0 radical (unpaired) electrons. The lowest BCUT2D eigenvalue weighted by Crippen LogP contribution is -2.34. The zero-order valence-corrected chi connectivity index (χ0v) is 16.9. The van der Waals surface area contributed by atoms with Crippen LogP contribution in [-0.2, 0) is 14.2 Å². The molecule has 1 aliphatic heterocycles. The van der Waals surface area contributed by atoms with Gasteiger partial charge in [-0.3, -0.25) is 0 Å². The van der Waals surface area contributed by atoms with Gasteiger partial charge in [-0.25, -0.2) is 22.0 Å². The SMILES string of the molecule is COC[C@@H]1CO[C@@H](c2cc(F)c(C#Cc3ccc4c(F)c(F)c(F)cc4c3)c(F)c2)CO1. The first-order valence-electron chi connectivity index (χ1n) is 9.67. The summed E-state index contributed by atoms with van der Waals surface area (Å²) in [6.07, 6.45) is -0.865. The number of benzene rings is 3. The fraction of sp³-hybridized carbons (Fsp3) is 0.250. The lowest BCUT2D eigenvalue weighted by molar-refractivity contribution is -0.150. The number of rotatable bonds is 3. The molecule has 0 aliphatic carbocycles. The van der Waals surface area contributed by atoms with Gasteiger partial charge in [0.2, 0.25) is 0 Å². The largest absolute Gasteiger partial charge is 0.382 e. The second kappa shape index (κ2) is 9.25. The first kappa shape index (κ1) is 22.2. The average molecular weight is 448 g/mol. The molecule has 1 saturated heterocycles. The van der Waals surface area contributed by atoms with E-state index >= 15 is 0 Å². The Morgan fingerprint density at radius 2 is 1.62 bits per heavy atom. The number of hydrogen-bond acceptors (Lipinski definition) is 3. The summed E-state index contributed by atoms with van der Waals surface area (Å²) < 4.78 is 86.0. The molecule has 2 atom stereocenters. The molecule has 1 aliphatic rings. The molecule has 3 aromatic rings. The van der Waals surface area contributed by atoms with Crippen LogP contribution in [0.15, 0.2) is 36.4 Å². The topological polar surface area (TPSA) is 27.7 Å². The monoisotopic (exact) mass is 448 g/mol. The maximum Gasteiger partial charge on any atom is 0.195 e. The molecule has 0 saturated carbocycles. The molecule has 166 valence electrons. The highest BCUT2D eigenvalue weighted by atomic mass is 19.2. The van der Waals surface area contributed by atoms with Gasteiger partial charge in [-0.15, -0.1) is 0 Å². The summed E-state index contributed by atoms with van der Waals surface area (Å²) in [5, 5.41) is -0.0516. The molecule has 0 spiro atoms. The van der Waals surface area contributed by atoms with Crippen LogP contribution < -0.4 is 0 Å². The second-order valence-corrected chi connectivity index (χ2v) is 7.26. The van der Waals surface area contributed by atoms with Gasteiger partial charge < -0.3 is 14.2 Å². The number of fused-ring (bicyclic) bond motifs is 1. The maximum atomic E-state index is 14.6. The summed E-state index contributed by atoms with van der Waals surface area (Å²) in [7, 11) is 1.54. The molecule has 8 heteroatoms. The van der Waals surface area contributed by atoms with E-state index in [1.807, 2.05) is 0 Å². The van der Waals surface area contributed by atoms with E-state index in [1.165, 1.54) is 25.3 Å². The van der Waals surface area contributed by atoms with Crippen LogP contribution in [0, 0.1) is 40.9 Å². The minimum atomic E-state index is -1.57. The van der Waals surface area contributed by atoms with Gasteiger partial charge in [0.05, 0.1) is 25.4 Å². The smallest absolute Gasteiger partial charge is 0.195 e. The van der Waals surface area contributed by atoms with Crippen LogP contribution in [-0.4, -0.2) is 33.0 Å². The molecule has 4 rings (SSSR count). The van der Waals surface area contributed by atoms with Crippen LogP contribution in [0.2, 0.25) is 0 Å². The van der Waals surface area contributed by atoms with E-state index in [0.717, 1.165) is 18.2 Å². The Balaban J connectivity index is 1.58. The van der Waals surface area contributed by atoms with Crippen molar-refractivity contribution in [2.24, 2.45) is 0 Å². The molecule has 1 fully saturated rings. The van der Waals surface area contributed by atoms with Crippen LogP contribution in [0.3, 0.4) is 0 Å². The van der Waals surface area contributed by atoms with Crippen molar-refractivity contribution in [3.05, 3.63) is 82.2 Å². The van der Waals surface area contributed by atoms with Gasteiger partial charge in [-0.2, -0.15) is 0 Å². The van der Waals surface area contributed by atoms with E-state index < -0.39 is 40.8 Å². The lowest BCUT2D eigenvalue weighted by Gasteiger charge is -2.29. The Morgan fingerprint density at radius 1 is 0.875 bits per heavy atom. The first-order valence-corrected chi connectivity index (χ1v) is 9.67. The van der Waals surface area contributed by atoms with Crippen molar-refractivity contribution in [3.8, 4) is 11.8 Å². The highest BCUT2D eigenvalue weighted by Gasteiger charge is 2.25. The van der Waals surface area contributed by atoms with E-state index in [1.54, 1.807) is 0 Å². The van der Waals surface area contributed by atoms with Crippen LogP contribution in [0.4, 0.5) is 22.0 Å². The number of ether oxygens (including phenoxy) is 3. The van der Waals surface area contributed by atoms with Crippen LogP contribution in [0.25, 0.3) is 10.8 Å². The predicted molar refractivity (Wildman–Crippen MR) is 106 cm³/mol. The third kappa shape index (κ3) is 4.46. The van der Waals surface area contributed by atoms with E-state index in [9.17, 15) is 22.0 Å². The minimum Gasteiger partial charge on any atom is -0.382 e. The van der Waals surface area contributed by atoms with Gasteiger partial charge in [-0.1, -0.05) is 17.9 Å². The highest BCUT2D eigenvalue weighted by Crippen LogP contribution is 2.27. The van der Waals surface area contributed by atoms with Crippen molar-refractivity contribution in [1.82, 2.24) is 0 Å². The molecule has 0 unspecified atom stereocenters. The molecule has 32 heavy (non-hydrogen) atoms. The standard InChI is InChI=1S/C24H17F5O3/c1-30-10-16-11-32-22(12-31-16)15-8-19(25)18(20(26)9-15)5-3-13-2-4-17-14(6-13)7-21(27)24(29)23(17)28/h2,4,6-9,16,22H,10-12H2,1H3/t16-,22-/m1/s1. The van der Waals surface area contributed by atoms with Crippen molar-refractivity contribution >= 4 is 10.8 Å². The highest BCUT2D eigenvalue weighted by molar-refractivity contribution is 5.84. The Morgan fingerprint density at radius 3 is 2.28 bits per heavy atom. The molecule has 0 N–H and O–H groups in total. The van der Waals surface area contributed by atoms with Crippen molar-refractivity contribution in [2.45, 2.75) is 12.2 Å². The summed E-state index contributed by atoms with van der Waals surface area (Å²) in [5.74, 6) is -1.000. The van der Waals surface area contributed by atoms with Crippen molar-refractivity contribution in [2.75, 3.05) is 26.9 Å². The van der Waals surface area contributed by atoms with Gasteiger partial charge in [-0.05, 0) is 41.3 Å². The number of methoxy groups -OCH3 is 1. The van der Waals surface area contributed by atoms with Crippen LogP contribution in [0.1, 0.15) is 22.8 Å². The normalized spacial score (nSPS) is 18.4. The predicted octanol–water partition coefficient (Wildman–Crippen LogP) is 5.04. The van der Waals surface area contributed by atoms with Gasteiger partial charge in [0.15, 0.2) is 17.5 Å². The average Bonchev–Trinajstić information content (AvgIpc) is 2.77. The number of hydrogen-bond donors (Lipinski definition) is 0. The van der Waals surface area contributed by atoms with Gasteiger partial charge in [0.1, 0.15) is 23.8 Å². The number of halogens is 5. The van der Waals surface area contributed by atoms with Gasteiger partial charge in [0, 0.05) is 18.1 Å². The Kier molecular flexibility index (Phi) is 6.42. The zero-order valence-electron chi connectivity index (χ0n) is 16.9. The fourth-order valence-electron chi connectivity index (χ4n) is 3.43. The van der Waals surface area contributed by atoms with Gasteiger partial charge >= 0.3 is 0 Å². The molecule has 0 bridgehead atoms.